The van der Waals surface area contributed by atoms with Gasteiger partial charge in [-0.15, -0.1) is 0 Å². The molecule has 0 aliphatic carbocycles. The Kier molecular flexibility index (Phi) is 3.69. The quantitative estimate of drug-likeness (QED) is 0.684. The molecule has 0 unspecified atom stereocenters. The molecule has 0 aliphatic heterocycles. The summed E-state index contributed by atoms with van der Waals surface area (Å²) in [6, 6.07) is 9.17. The highest BCUT2D eigenvalue weighted by Gasteiger charge is 2.16. The van der Waals surface area contributed by atoms with Crippen LogP contribution in [0, 0.1) is 13.8 Å². The van der Waals surface area contributed by atoms with Gasteiger partial charge in [-0.05, 0) is 19.4 Å². The molecular weight excluding hydrogens is 286 g/mol. The van der Waals surface area contributed by atoms with Crippen LogP contribution in [0.2, 0.25) is 0 Å². The number of esters is 1. The minimum atomic E-state index is -0.628. The Balaban J connectivity index is 1.67. The molecule has 0 bridgehead atoms. The number of hydrogen-bond acceptors (Lipinski definition) is 7. The van der Waals surface area contributed by atoms with Gasteiger partial charge in [0, 0.05) is 11.6 Å². The van der Waals surface area contributed by atoms with Crippen molar-refractivity contribution in [2.24, 2.45) is 0 Å². The summed E-state index contributed by atoms with van der Waals surface area (Å²) in [7, 11) is 0. The topological polar surface area (TPSA) is 91.2 Å². The second-order valence-corrected chi connectivity index (χ2v) is 4.74. The van der Waals surface area contributed by atoms with Gasteiger partial charge in [-0.2, -0.15) is 4.98 Å². The van der Waals surface area contributed by atoms with Crippen LogP contribution in [0.3, 0.4) is 0 Å². The molecule has 0 N–H and O–H groups in total. The van der Waals surface area contributed by atoms with Gasteiger partial charge in [0.25, 0.3) is 5.89 Å². The van der Waals surface area contributed by atoms with E-state index in [1.165, 1.54) is 6.07 Å². The summed E-state index contributed by atoms with van der Waals surface area (Å²) in [5.74, 6) is 0.0786. The van der Waals surface area contributed by atoms with Crippen LogP contribution in [-0.2, 0) is 11.3 Å². The summed E-state index contributed by atoms with van der Waals surface area (Å²) >= 11 is 0. The van der Waals surface area contributed by atoms with Crippen molar-refractivity contribution in [1.82, 2.24) is 15.3 Å². The molecular formula is C15H13N3O4. The molecule has 7 heteroatoms. The Hall–Kier alpha value is -2.96. The van der Waals surface area contributed by atoms with Crippen LogP contribution in [0.4, 0.5) is 0 Å². The van der Waals surface area contributed by atoms with E-state index in [4.69, 9.17) is 13.8 Å². The highest BCUT2D eigenvalue weighted by molar-refractivity contribution is 5.86. The standard InChI is InChI=1S/C15H13N3O4/c1-9-5-3-4-6-11(9)14-16-13(22-18-14)8-20-15(19)12-7-10(2)17-21-12/h3-7H,8H2,1-2H3. The number of rotatable bonds is 4. The van der Waals surface area contributed by atoms with Crippen LogP contribution >= 0.6 is 0 Å². The number of ether oxygens (including phenoxy) is 1. The lowest BCUT2D eigenvalue weighted by Gasteiger charge is -1.98. The van der Waals surface area contributed by atoms with E-state index >= 15 is 0 Å². The molecule has 0 amide bonds. The van der Waals surface area contributed by atoms with Gasteiger partial charge in [-0.1, -0.05) is 34.6 Å². The maximum Gasteiger partial charge on any atom is 0.377 e. The number of benzene rings is 1. The van der Waals surface area contributed by atoms with E-state index in [0.29, 0.717) is 11.5 Å². The number of aryl methyl sites for hydroxylation is 2. The molecule has 3 aromatic rings. The van der Waals surface area contributed by atoms with Gasteiger partial charge in [0.1, 0.15) is 0 Å². The fraction of sp³-hybridized carbons (Fsp3) is 0.200. The minimum absolute atomic E-state index is 0.0381. The van der Waals surface area contributed by atoms with Crippen molar-refractivity contribution < 1.29 is 18.6 Å². The average molecular weight is 299 g/mol. The van der Waals surface area contributed by atoms with E-state index in [0.717, 1.165) is 11.1 Å². The first-order chi connectivity index (χ1) is 10.6. The Labute approximate surface area is 125 Å². The van der Waals surface area contributed by atoms with Crippen LogP contribution in [0.15, 0.2) is 39.4 Å². The van der Waals surface area contributed by atoms with Crippen molar-refractivity contribution in [2.75, 3.05) is 0 Å². The Bertz CT molecular complexity index is 806. The second kappa shape index (κ2) is 5.80. The second-order valence-electron chi connectivity index (χ2n) is 4.74. The molecule has 0 fully saturated rings. The predicted molar refractivity (Wildman–Crippen MR) is 74.8 cm³/mol. The highest BCUT2D eigenvalue weighted by Crippen LogP contribution is 2.20. The number of carbonyl (C=O) groups is 1. The van der Waals surface area contributed by atoms with Crippen LogP contribution in [0.25, 0.3) is 11.4 Å². The van der Waals surface area contributed by atoms with Gasteiger partial charge in [-0.3, -0.25) is 0 Å². The van der Waals surface area contributed by atoms with Gasteiger partial charge in [0.05, 0.1) is 5.69 Å². The maximum absolute atomic E-state index is 11.7. The molecule has 7 nitrogen and oxygen atoms in total. The van der Waals surface area contributed by atoms with E-state index in [9.17, 15) is 4.79 Å². The first-order valence-corrected chi connectivity index (χ1v) is 6.62. The average Bonchev–Trinajstić information content (AvgIpc) is 3.14. The molecule has 2 aromatic heterocycles. The van der Waals surface area contributed by atoms with Gasteiger partial charge < -0.3 is 13.8 Å². The van der Waals surface area contributed by atoms with Crippen LogP contribution in [0.5, 0.6) is 0 Å². The monoisotopic (exact) mass is 299 g/mol. The zero-order valence-corrected chi connectivity index (χ0v) is 12.1. The van der Waals surface area contributed by atoms with Crippen molar-refractivity contribution in [1.29, 1.82) is 0 Å². The van der Waals surface area contributed by atoms with Gasteiger partial charge >= 0.3 is 5.97 Å². The summed E-state index contributed by atoms with van der Waals surface area (Å²) in [6.45, 7) is 3.54. The van der Waals surface area contributed by atoms with Gasteiger partial charge in [-0.25, -0.2) is 4.79 Å². The third kappa shape index (κ3) is 2.88. The molecule has 0 saturated heterocycles. The molecule has 0 aliphatic rings. The first kappa shape index (κ1) is 14.0. The SMILES string of the molecule is Cc1cc(C(=O)OCc2nc(-c3ccccc3C)no2)on1. The molecule has 3 rings (SSSR count). The number of aromatic nitrogens is 3. The minimum Gasteiger partial charge on any atom is -0.450 e. The molecule has 0 saturated carbocycles. The summed E-state index contributed by atoms with van der Waals surface area (Å²) in [4.78, 5) is 15.9. The van der Waals surface area contributed by atoms with Crippen LogP contribution < -0.4 is 0 Å². The molecule has 0 radical (unpaired) electrons. The van der Waals surface area contributed by atoms with Crippen molar-refractivity contribution in [3.63, 3.8) is 0 Å². The normalized spacial score (nSPS) is 10.6. The number of carbonyl (C=O) groups excluding carboxylic acids is 1. The lowest BCUT2D eigenvalue weighted by molar-refractivity contribution is 0.0383. The van der Waals surface area contributed by atoms with Crippen molar-refractivity contribution >= 4 is 5.97 Å². The molecule has 112 valence electrons. The lowest BCUT2D eigenvalue weighted by Crippen LogP contribution is -2.04. The van der Waals surface area contributed by atoms with Crippen molar-refractivity contribution in [3.8, 4) is 11.4 Å². The number of hydrogen-bond donors (Lipinski definition) is 0. The van der Waals surface area contributed by atoms with Crippen molar-refractivity contribution in [2.45, 2.75) is 20.5 Å². The number of nitrogens with zero attached hydrogens (tertiary/aromatic N) is 3. The summed E-state index contributed by atoms with van der Waals surface area (Å²) in [6.07, 6.45) is 0. The third-order valence-corrected chi connectivity index (χ3v) is 3.01. The maximum atomic E-state index is 11.7. The molecule has 1 aromatic carbocycles. The smallest absolute Gasteiger partial charge is 0.377 e. The summed E-state index contributed by atoms with van der Waals surface area (Å²) in [5.41, 5.74) is 2.50. The fourth-order valence-electron chi connectivity index (χ4n) is 1.90. The van der Waals surface area contributed by atoms with Crippen LogP contribution in [-0.4, -0.2) is 21.3 Å². The van der Waals surface area contributed by atoms with E-state index in [2.05, 4.69) is 15.3 Å². The zero-order valence-electron chi connectivity index (χ0n) is 12.1. The third-order valence-electron chi connectivity index (χ3n) is 3.01. The predicted octanol–water partition coefficient (Wildman–Crippen LogP) is 2.70. The molecule has 2 heterocycles. The summed E-state index contributed by atoms with van der Waals surface area (Å²) < 4.78 is 14.9. The van der Waals surface area contributed by atoms with Crippen LogP contribution in [0.1, 0.15) is 27.7 Å². The largest absolute Gasteiger partial charge is 0.450 e. The Morgan fingerprint density at radius 2 is 2.00 bits per heavy atom. The molecule has 0 spiro atoms. The van der Waals surface area contributed by atoms with Gasteiger partial charge in [0.2, 0.25) is 11.6 Å². The van der Waals surface area contributed by atoms with Gasteiger partial charge in [0.15, 0.2) is 6.61 Å². The molecule has 0 atom stereocenters. The lowest BCUT2D eigenvalue weighted by atomic mass is 10.1. The first-order valence-electron chi connectivity index (χ1n) is 6.62. The van der Waals surface area contributed by atoms with E-state index < -0.39 is 5.97 Å². The van der Waals surface area contributed by atoms with E-state index in [1.807, 2.05) is 31.2 Å². The Morgan fingerprint density at radius 3 is 2.73 bits per heavy atom. The summed E-state index contributed by atoms with van der Waals surface area (Å²) in [5, 5.41) is 7.51. The zero-order chi connectivity index (χ0) is 15.5. The fourth-order valence-corrected chi connectivity index (χ4v) is 1.90. The Morgan fingerprint density at radius 1 is 1.18 bits per heavy atom. The molecule has 22 heavy (non-hydrogen) atoms. The highest BCUT2D eigenvalue weighted by atomic mass is 16.6. The van der Waals surface area contributed by atoms with Crippen molar-refractivity contribution in [3.05, 3.63) is 53.2 Å². The van der Waals surface area contributed by atoms with E-state index in [-0.39, 0.29) is 18.3 Å². The van der Waals surface area contributed by atoms with E-state index in [1.54, 1.807) is 6.92 Å².